The van der Waals surface area contributed by atoms with Gasteiger partial charge in [-0.05, 0) is 42.4 Å². The van der Waals surface area contributed by atoms with E-state index >= 15 is 0 Å². The van der Waals surface area contributed by atoms with Crippen LogP contribution in [0.5, 0.6) is 0 Å². The molecule has 72 valence electrons. The summed E-state index contributed by atoms with van der Waals surface area (Å²) in [5, 5.41) is 0. The molecule has 0 bridgehead atoms. The molecule has 0 amide bonds. The summed E-state index contributed by atoms with van der Waals surface area (Å²) in [7, 11) is 0. The average Bonchev–Trinajstić information content (AvgIpc) is 2.93. The van der Waals surface area contributed by atoms with Gasteiger partial charge in [0.05, 0.1) is 0 Å². The van der Waals surface area contributed by atoms with E-state index in [4.69, 9.17) is 0 Å². The topological polar surface area (TPSA) is 17.1 Å². The molecule has 0 atom stereocenters. The zero-order chi connectivity index (χ0) is 9.76. The number of Topliss-reactive ketones (excluding diaryl/α,β-unsaturated/α-hetero) is 1. The van der Waals surface area contributed by atoms with Crippen LogP contribution in [0, 0.1) is 0 Å². The summed E-state index contributed by atoms with van der Waals surface area (Å²) in [6.45, 7) is 0. The Kier molecular flexibility index (Phi) is 1.67. The fourth-order valence-electron chi connectivity index (χ4n) is 2.50. The van der Waals surface area contributed by atoms with Gasteiger partial charge in [0, 0.05) is 16.5 Å². The maximum absolute atomic E-state index is 11.7. The first-order valence-corrected chi connectivity index (χ1v) is 5.84. The summed E-state index contributed by atoms with van der Waals surface area (Å²) < 4.78 is 1.02. The first-order chi connectivity index (χ1) is 6.71. The largest absolute Gasteiger partial charge is 0.294 e. The van der Waals surface area contributed by atoms with E-state index in [9.17, 15) is 4.79 Å². The van der Waals surface area contributed by atoms with Crippen molar-refractivity contribution in [3.05, 3.63) is 33.8 Å². The molecule has 0 aromatic heterocycles. The highest BCUT2D eigenvalue weighted by Crippen LogP contribution is 2.55. The maximum Gasteiger partial charge on any atom is 0.163 e. The van der Waals surface area contributed by atoms with Gasteiger partial charge in [0.25, 0.3) is 0 Å². The Labute approximate surface area is 91.6 Å². The molecule has 2 aliphatic carbocycles. The monoisotopic (exact) mass is 250 g/mol. The highest BCUT2D eigenvalue weighted by molar-refractivity contribution is 9.10. The minimum atomic E-state index is 0.318. The van der Waals surface area contributed by atoms with Gasteiger partial charge in [-0.1, -0.05) is 22.0 Å². The van der Waals surface area contributed by atoms with Crippen molar-refractivity contribution in [2.75, 3.05) is 0 Å². The first-order valence-electron chi connectivity index (χ1n) is 5.05. The molecular weight excluding hydrogens is 240 g/mol. The summed E-state index contributed by atoms with van der Waals surface area (Å²) in [4.78, 5) is 11.7. The van der Waals surface area contributed by atoms with Crippen LogP contribution in [0.3, 0.4) is 0 Å². The third-order valence-corrected chi connectivity index (χ3v) is 4.03. The lowest BCUT2D eigenvalue weighted by atomic mass is 9.80. The zero-order valence-electron chi connectivity index (χ0n) is 7.85. The molecule has 1 nitrogen and oxygen atoms in total. The number of hydrogen-bond acceptors (Lipinski definition) is 1. The fourth-order valence-corrected chi connectivity index (χ4v) is 2.86. The molecule has 1 saturated carbocycles. The van der Waals surface area contributed by atoms with Crippen molar-refractivity contribution < 1.29 is 4.79 Å². The lowest BCUT2D eigenvalue weighted by molar-refractivity contribution is 0.0964. The molecule has 2 aliphatic rings. The van der Waals surface area contributed by atoms with Crippen molar-refractivity contribution in [2.45, 2.75) is 31.1 Å². The predicted molar refractivity (Wildman–Crippen MR) is 58.6 cm³/mol. The molecule has 1 fully saturated rings. The smallest absolute Gasteiger partial charge is 0.163 e. The second kappa shape index (κ2) is 2.69. The van der Waals surface area contributed by atoms with Crippen molar-refractivity contribution in [1.29, 1.82) is 0 Å². The molecule has 0 heterocycles. The summed E-state index contributed by atoms with van der Waals surface area (Å²) in [6, 6.07) is 6.16. The van der Waals surface area contributed by atoms with E-state index in [1.54, 1.807) is 0 Å². The SMILES string of the molecule is O=C1CCC2(CC2)c2ccc(Br)cc21. The van der Waals surface area contributed by atoms with Crippen LogP contribution in [0.2, 0.25) is 0 Å². The summed E-state index contributed by atoms with van der Waals surface area (Å²) in [5.74, 6) is 0.318. The molecular formula is C12H11BrO. The summed E-state index contributed by atoms with van der Waals surface area (Å²) in [6.07, 6.45) is 4.35. The average molecular weight is 251 g/mol. The number of halogens is 1. The molecule has 0 unspecified atom stereocenters. The lowest BCUT2D eigenvalue weighted by Crippen LogP contribution is -2.20. The van der Waals surface area contributed by atoms with Crippen molar-refractivity contribution in [1.82, 2.24) is 0 Å². The highest BCUT2D eigenvalue weighted by atomic mass is 79.9. The third-order valence-electron chi connectivity index (χ3n) is 3.54. The maximum atomic E-state index is 11.7. The number of benzene rings is 1. The fraction of sp³-hybridized carbons (Fsp3) is 0.417. The van der Waals surface area contributed by atoms with Gasteiger partial charge in [-0.15, -0.1) is 0 Å². The van der Waals surface area contributed by atoms with E-state index in [0.717, 1.165) is 22.9 Å². The predicted octanol–water partition coefficient (Wildman–Crippen LogP) is 3.46. The highest BCUT2D eigenvalue weighted by Gasteiger charge is 2.48. The van der Waals surface area contributed by atoms with Crippen LogP contribution in [0.15, 0.2) is 22.7 Å². The van der Waals surface area contributed by atoms with Gasteiger partial charge in [-0.3, -0.25) is 4.79 Å². The Balaban J connectivity index is 2.21. The second-order valence-electron chi connectivity index (χ2n) is 4.39. The van der Waals surface area contributed by atoms with E-state index in [0.29, 0.717) is 11.2 Å². The van der Waals surface area contributed by atoms with Gasteiger partial charge >= 0.3 is 0 Å². The number of fused-ring (bicyclic) bond motifs is 2. The molecule has 0 N–H and O–H groups in total. The number of carbonyl (C=O) groups excluding carboxylic acids is 1. The number of carbonyl (C=O) groups is 1. The van der Waals surface area contributed by atoms with Crippen molar-refractivity contribution in [2.24, 2.45) is 0 Å². The zero-order valence-corrected chi connectivity index (χ0v) is 9.43. The van der Waals surface area contributed by atoms with Gasteiger partial charge < -0.3 is 0 Å². The Bertz CT molecular complexity index is 418. The Hall–Kier alpha value is -0.630. The molecule has 14 heavy (non-hydrogen) atoms. The normalized spacial score (nSPS) is 22.2. The van der Waals surface area contributed by atoms with Crippen LogP contribution >= 0.6 is 15.9 Å². The second-order valence-corrected chi connectivity index (χ2v) is 5.31. The van der Waals surface area contributed by atoms with Crippen LogP contribution in [-0.2, 0) is 5.41 Å². The first kappa shape index (κ1) is 8.66. The summed E-state index contributed by atoms with van der Waals surface area (Å²) in [5.41, 5.74) is 2.66. The van der Waals surface area contributed by atoms with Crippen molar-refractivity contribution >= 4 is 21.7 Å². The number of hydrogen-bond donors (Lipinski definition) is 0. The molecule has 1 spiro atoms. The van der Waals surface area contributed by atoms with Gasteiger partial charge in [-0.25, -0.2) is 0 Å². The Morgan fingerprint density at radius 3 is 2.71 bits per heavy atom. The molecule has 0 saturated heterocycles. The Morgan fingerprint density at radius 1 is 1.21 bits per heavy atom. The standard InChI is InChI=1S/C12H11BrO/c13-8-1-2-10-9(7-8)11(14)3-4-12(10)5-6-12/h1-2,7H,3-6H2. The van der Waals surface area contributed by atoms with E-state index in [2.05, 4.69) is 28.1 Å². The van der Waals surface area contributed by atoms with Gasteiger partial charge in [0.15, 0.2) is 5.78 Å². The van der Waals surface area contributed by atoms with E-state index in [-0.39, 0.29) is 0 Å². The number of ketones is 1. The molecule has 1 aromatic rings. The van der Waals surface area contributed by atoms with E-state index in [1.807, 2.05) is 6.07 Å². The quantitative estimate of drug-likeness (QED) is 0.690. The minimum absolute atomic E-state index is 0.318. The van der Waals surface area contributed by atoms with Gasteiger partial charge in [-0.2, -0.15) is 0 Å². The number of rotatable bonds is 0. The van der Waals surface area contributed by atoms with Gasteiger partial charge in [0.1, 0.15) is 0 Å². The van der Waals surface area contributed by atoms with Crippen LogP contribution < -0.4 is 0 Å². The van der Waals surface area contributed by atoms with Crippen LogP contribution in [0.1, 0.15) is 41.6 Å². The minimum Gasteiger partial charge on any atom is -0.294 e. The van der Waals surface area contributed by atoms with Crippen molar-refractivity contribution in [3.8, 4) is 0 Å². The molecule has 0 aliphatic heterocycles. The summed E-state index contributed by atoms with van der Waals surface area (Å²) >= 11 is 3.42. The van der Waals surface area contributed by atoms with Crippen LogP contribution in [0.4, 0.5) is 0 Å². The van der Waals surface area contributed by atoms with Gasteiger partial charge in [0.2, 0.25) is 0 Å². The van der Waals surface area contributed by atoms with Crippen molar-refractivity contribution in [3.63, 3.8) is 0 Å². The van der Waals surface area contributed by atoms with Crippen LogP contribution in [-0.4, -0.2) is 5.78 Å². The van der Waals surface area contributed by atoms with E-state index in [1.165, 1.54) is 18.4 Å². The lowest BCUT2D eigenvalue weighted by Gasteiger charge is -2.24. The third kappa shape index (κ3) is 1.10. The molecule has 3 rings (SSSR count). The van der Waals surface area contributed by atoms with Crippen LogP contribution in [0.25, 0.3) is 0 Å². The van der Waals surface area contributed by atoms with E-state index < -0.39 is 0 Å². The molecule has 0 radical (unpaired) electrons. The Morgan fingerprint density at radius 2 is 2.00 bits per heavy atom. The molecule has 1 aromatic carbocycles. The molecule has 2 heteroatoms.